The molecule has 1 aliphatic rings. The summed E-state index contributed by atoms with van der Waals surface area (Å²) >= 11 is 0. The molecule has 0 amide bonds. The van der Waals surface area contributed by atoms with Crippen LogP contribution in [0.3, 0.4) is 0 Å². The van der Waals surface area contributed by atoms with Crippen LogP contribution >= 0.6 is 0 Å². The smallest absolute Gasteiger partial charge is 0.264 e. The highest BCUT2D eigenvalue weighted by atomic mass is 32.2. The second kappa shape index (κ2) is 6.14. The Hall–Kier alpha value is -0.440. The summed E-state index contributed by atoms with van der Waals surface area (Å²) in [5, 5.41) is 0. The fourth-order valence-corrected chi connectivity index (χ4v) is 2.60. The van der Waals surface area contributed by atoms with Gasteiger partial charge in [-0.2, -0.15) is 16.8 Å². The lowest BCUT2D eigenvalue weighted by molar-refractivity contribution is 0.146. The minimum Gasteiger partial charge on any atom is -0.270 e. The van der Waals surface area contributed by atoms with Gasteiger partial charge in [-0.3, -0.25) is 8.37 Å². The van der Waals surface area contributed by atoms with Gasteiger partial charge >= 0.3 is 0 Å². The zero-order valence-electron chi connectivity index (χ0n) is 10.4. The molecule has 0 spiro atoms. The predicted molar refractivity (Wildman–Crippen MR) is 66.9 cm³/mol. The van der Waals surface area contributed by atoms with E-state index in [2.05, 4.69) is 0 Å². The van der Waals surface area contributed by atoms with Gasteiger partial charge in [0.05, 0.1) is 25.7 Å². The fourth-order valence-electron chi connectivity index (χ4n) is 1.76. The normalized spacial score (nSPS) is 25.2. The average molecular weight is 298 g/mol. The maximum Gasteiger partial charge on any atom is 0.264 e. The summed E-state index contributed by atoms with van der Waals surface area (Å²) in [4.78, 5) is 0. The summed E-state index contributed by atoms with van der Waals surface area (Å²) in [7, 11) is -6.95. The molecule has 0 aromatic carbocycles. The van der Waals surface area contributed by atoms with Crippen molar-refractivity contribution in [3.8, 4) is 0 Å². The van der Waals surface area contributed by atoms with E-state index in [4.69, 9.17) is 8.37 Å². The first-order chi connectivity index (χ1) is 8.17. The largest absolute Gasteiger partial charge is 0.270 e. The minimum absolute atomic E-state index is 0.0496. The van der Waals surface area contributed by atoms with Crippen LogP contribution in [0.2, 0.25) is 0 Å². The fraction of sp³-hybridized carbons (Fsp3) is 0.800. The van der Waals surface area contributed by atoms with Crippen LogP contribution in [0.1, 0.15) is 12.8 Å². The van der Waals surface area contributed by atoms with E-state index >= 15 is 0 Å². The molecule has 0 saturated carbocycles. The van der Waals surface area contributed by atoms with Gasteiger partial charge in [-0.05, 0) is 24.7 Å². The van der Waals surface area contributed by atoms with Gasteiger partial charge in [-0.1, -0.05) is 12.2 Å². The monoisotopic (exact) mass is 298 g/mol. The molecule has 18 heavy (non-hydrogen) atoms. The van der Waals surface area contributed by atoms with E-state index in [9.17, 15) is 16.8 Å². The molecule has 0 bridgehead atoms. The molecule has 2 atom stereocenters. The van der Waals surface area contributed by atoms with Crippen molar-refractivity contribution in [3.05, 3.63) is 12.2 Å². The van der Waals surface area contributed by atoms with E-state index < -0.39 is 20.2 Å². The Bertz CT molecular complexity index is 444. The first-order valence-corrected chi connectivity index (χ1v) is 9.14. The molecule has 0 N–H and O–H groups in total. The third-order valence-electron chi connectivity index (χ3n) is 2.70. The molecule has 0 saturated heterocycles. The molecule has 0 aliphatic heterocycles. The quantitative estimate of drug-likeness (QED) is 0.525. The van der Waals surface area contributed by atoms with E-state index in [1.54, 1.807) is 0 Å². The van der Waals surface area contributed by atoms with E-state index in [1.807, 2.05) is 12.2 Å². The van der Waals surface area contributed by atoms with Crippen molar-refractivity contribution in [2.45, 2.75) is 12.8 Å². The standard InChI is InChI=1S/C10H18O6S2/c1-17(11,12)15-7-9-5-3-4-6-10(9)8-16-18(2,13)14/h3-4,9-10H,5-8H2,1-2H3/t9-,10-/m0/s1. The van der Waals surface area contributed by atoms with Crippen molar-refractivity contribution in [3.63, 3.8) is 0 Å². The van der Waals surface area contributed by atoms with Crippen LogP contribution in [0, 0.1) is 11.8 Å². The van der Waals surface area contributed by atoms with Crippen LogP contribution in [0.4, 0.5) is 0 Å². The number of rotatable bonds is 6. The Kier molecular flexibility index (Phi) is 5.32. The SMILES string of the molecule is CS(=O)(=O)OC[C@@H]1CC=CC[C@H]1COS(C)(=O)=O. The van der Waals surface area contributed by atoms with Crippen molar-refractivity contribution >= 4 is 20.2 Å². The zero-order chi connectivity index (χ0) is 13.8. The second-order valence-corrected chi connectivity index (χ2v) is 7.73. The van der Waals surface area contributed by atoms with Crippen LogP contribution in [0.5, 0.6) is 0 Å². The van der Waals surface area contributed by atoms with Gasteiger partial charge in [0, 0.05) is 0 Å². The third kappa shape index (κ3) is 6.48. The molecule has 1 rings (SSSR count). The van der Waals surface area contributed by atoms with Gasteiger partial charge in [0.25, 0.3) is 20.2 Å². The molecular formula is C10H18O6S2. The molecule has 8 heteroatoms. The van der Waals surface area contributed by atoms with Crippen LogP contribution in [-0.4, -0.2) is 42.6 Å². The van der Waals surface area contributed by atoms with Crippen molar-refractivity contribution in [2.75, 3.05) is 25.7 Å². The van der Waals surface area contributed by atoms with Crippen LogP contribution in [-0.2, 0) is 28.6 Å². The highest BCUT2D eigenvalue weighted by Crippen LogP contribution is 2.26. The lowest BCUT2D eigenvalue weighted by atomic mass is 9.84. The van der Waals surface area contributed by atoms with Crippen molar-refractivity contribution in [1.29, 1.82) is 0 Å². The summed E-state index contributed by atoms with van der Waals surface area (Å²) in [6.45, 7) is 0.113. The first-order valence-electron chi connectivity index (χ1n) is 5.51. The van der Waals surface area contributed by atoms with Crippen LogP contribution in [0.25, 0.3) is 0 Å². The van der Waals surface area contributed by atoms with E-state index in [-0.39, 0.29) is 25.0 Å². The molecule has 1 aliphatic carbocycles. The van der Waals surface area contributed by atoms with Gasteiger partial charge in [0.2, 0.25) is 0 Å². The Morgan fingerprint density at radius 1 is 0.889 bits per heavy atom. The summed E-state index contributed by atoms with van der Waals surface area (Å²) in [6, 6.07) is 0. The Balaban J connectivity index is 2.55. The van der Waals surface area contributed by atoms with E-state index in [1.165, 1.54) is 0 Å². The minimum atomic E-state index is -3.47. The summed E-state index contributed by atoms with van der Waals surface area (Å²) < 4.78 is 53.2. The lowest BCUT2D eigenvalue weighted by Gasteiger charge is -2.27. The van der Waals surface area contributed by atoms with Gasteiger partial charge in [-0.25, -0.2) is 0 Å². The molecule has 0 heterocycles. The topological polar surface area (TPSA) is 86.7 Å². The maximum absolute atomic E-state index is 10.9. The van der Waals surface area contributed by atoms with Crippen LogP contribution < -0.4 is 0 Å². The second-order valence-electron chi connectivity index (χ2n) is 4.44. The molecule has 0 radical (unpaired) electrons. The molecular weight excluding hydrogens is 280 g/mol. The molecule has 0 unspecified atom stereocenters. The summed E-state index contributed by atoms with van der Waals surface area (Å²) in [5.41, 5.74) is 0. The van der Waals surface area contributed by atoms with Gasteiger partial charge in [-0.15, -0.1) is 0 Å². The summed E-state index contributed by atoms with van der Waals surface area (Å²) in [6.07, 6.45) is 7.18. The van der Waals surface area contributed by atoms with Gasteiger partial charge < -0.3 is 0 Å². The Morgan fingerprint density at radius 2 is 1.22 bits per heavy atom. The van der Waals surface area contributed by atoms with E-state index in [0.29, 0.717) is 12.8 Å². The number of hydrogen-bond acceptors (Lipinski definition) is 6. The van der Waals surface area contributed by atoms with Crippen molar-refractivity contribution < 1.29 is 25.2 Å². The molecule has 0 aromatic rings. The first kappa shape index (κ1) is 15.6. The maximum atomic E-state index is 10.9. The summed E-state index contributed by atoms with van der Waals surface area (Å²) in [5.74, 6) is -0.0991. The average Bonchev–Trinajstić information content (AvgIpc) is 2.22. The molecule has 6 nitrogen and oxygen atoms in total. The zero-order valence-corrected chi connectivity index (χ0v) is 12.0. The Morgan fingerprint density at radius 3 is 1.50 bits per heavy atom. The van der Waals surface area contributed by atoms with Gasteiger partial charge in [0.15, 0.2) is 0 Å². The third-order valence-corrected chi connectivity index (χ3v) is 3.83. The van der Waals surface area contributed by atoms with Crippen LogP contribution in [0.15, 0.2) is 12.2 Å². The van der Waals surface area contributed by atoms with E-state index in [0.717, 1.165) is 12.5 Å². The number of allylic oxidation sites excluding steroid dienone is 2. The van der Waals surface area contributed by atoms with Crippen molar-refractivity contribution in [1.82, 2.24) is 0 Å². The molecule has 0 aromatic heterocycles. The van der Waals surface area contributed by atoms with Gasteiger partial charge in [0.1, 0.15) is 0 Å². The predicted octanol–water partition coefficient (Wildman–Crippen LogP) is 0.521. The van der Waals surface area contributed by atoms with Crippen molar-refractivity contribution in [2.24, 2.45) is 11.8 Å². The molecule has 106 valence electrons. The molecule has 0 fully saturated rings. The Labute approximate surface area is 108 Å². The number of hydrogen-bond donors (Lipinski definition) is 0. The lowest BCUT2D eigenvalue weighted by Crippen LogP contribution is -2.27. The highest BCUT2D eigenvalue weighted by molar-refractivity contribution is 7.86. The highest BCUT2D eigenvalue weighted by Gasteiger charge is 2.25.